The van der Waals surface area contributed by atoms with Gasteiger partial charge in [-0.15, -0.1) is 0 Å². The molecule has 0 unspecified atom stereocenters. The largest absolute Gasteiger partial charge is 0.396 e. The zero-order valence-corrected chi connectivity index (χ0v) is 14.1. The van der Waals surface area contributed by atoms with Gasteiger partial charge in [-0.05, 0) is 31.6 Å². The van der Waals surface area contributed by atoms with E-state index in [1.165, 1.54) is 0 Å². The first kappa shape index (κ1) is 17.6. The summed E-state index contributed by atoms with van der Waals surface area (Å²) in [5.41, 5.74) is 0. The number of hydrogen-bond donors (Lipinski definition) is 2. The molecule has 1 rings (SSSR count). The standard InChI is InChI=1S/C15H30N2O2S/c1-11(2)9-14(5-7-18)10-16-15(19)17-6-8-20-13(4)12(17)3/h11-14,18H,5-10H2,1-4H3,(H,16,19)/t12-,13-,14-/m0/s1. The smallest absolute Gasteiger partial charge is 0.317 e. The number of amides is 2. The van der Waals surface area contributed by atoms with Gasteiger partial charge in [-0.3, -0.25) is 0 Å². The van der Waals surface area contributed by atoms with E-state index in [0.29, 0.717) is 23.6 Å². The molecule has 0 saturated carbocycles. The molecule has 0 radical (unpaired) electrons. The average molecular weight is 302 g/mol. The third-order valence-electron chi connectivity index (χ3n) is 4.03. The van der Waals surface area contributed by atoms with Crippen LogP contribution in [0.25, 0.3) is 0 Å². The zero-order valence-electron chi connectivity index (χ0n) is 13.3. The topological polar surface area (TPSA) is 52.6 Å². The highest BCUT2D eigenvalue weighted by Gasteiger charge is 2.28. The molecule has 3 atom stereocenters. The minimum atomic E-state index is 0.0522. The lowest BCUT2D eigenvalue weighted by atomic mass is 9.94. The molecule has 1 fully saturated rings. The van der Waals surface area contributed by atoms with E-state index >= 15 is 0 Å². The first-order chi connectivity index (χ1) is 9.45. The molecule has 0 spiro atoms. The Labute approximate surface area is 127 Å². The van der Waals surface area contributed by atoms with Crippen LogP contribution in [0.5, 0.6) is 0 Å². The lowest BCUT2D eigenvalue weighted by Crippen LogP contribution is -2.52. The van der Waals surface area contributed by atoms with Gasteiger partial charge in [0.25, 0.3) is 0 Å². The van der Waals surface area contributed by atoms with Crippen LogP contribution in [0, 0.1) is 11.8 Å². The van der Waals surface area contributed by atoms with Crippen LogP contribution in [0.4, 0.5) is 4.79 Å². The molecule has 1 saturated heterocycles. The predicted octanol–water partition coefficient (Wildman–Crippen LogP) is 2.57. The molecular weight excluding hydrogens is 272 g/mol. The first-order valence-corrected chi connectivity index (χ1v) is 8.77. The maximum Gasteiger partial charge on any atom is 0.317 e. The lowest BCUT2D eigenvalue weighted by molar-refractivity contribution is 0.175. The summed E-state index contributed by atoms with van der Waals surface area (Å²) in [5.74, 6) is 1.98. The normalized spacial score (nSPS) is 24.8. The van der Waals surface area contributed by atoms with E-state index in [-0.39, 0.29) is 18.7 Å². The molecule has 0 aliphatic carbocycles. The third kappa shape index (κ3) is 5.52. The zero-order chi connectivity index (χ0) is 15.1. The molecular formula is C15H30N2O2S. The van der Waals surface area contributed by atoms with Gasteiger partial charge in [-0.2, -0.15) is 11.8 Å². The van der Waals surface area contributed by atoms with Crippen molar-refractivity contribution < 1.29 is 9.90 Å². The molecule has 0 bridgehead atoms. The van der Waals surface area contributed by atoms with Gasteiger partial charge >= 0.3 is 6.03 Å². The minimum Gasteiger partial charge on any atom is -0.396 e. The summed E-state index contributed by atoms with van der Waals surface area (Å²) in [6, 6.07) is 0.339. The molecule has 0 aromatic carbocycles. The summed E-state index contributed by atoms with van der Waals surface area (Å²) >= 11 is 1.93. The SMILES string of the molecule is CC(C)C[C@H](CCO)CNC(=O)N1CCS[C@@H](C)[C@@H]1C. The van der Waals surface area contributed by atoms with Gasteiger partial charge in [0.05, 0.1) is 0 Å². The highest BCUT2D eigenvalue weighted by molar-refractivity contribution is 8.00. The van der Waals surface area contributed by atoms with Crippen molar-refractivity contribution in [1.82, 2.24) is 10.2 Å². The van der Waals surface area contributed by atoms with Crippen molar-refractivity contribution in [3.05, 3.63) is 0 Å². The van der Waals surface area contributed by atoms with Gasteiger partial charge in [0.15, 0.2) is 0 Å². The quantitative estimate of drug-likeness (QED) is 0.793. The van der Waals surface area contributed by atoms with Crippen molar-refractivity contribution in [2.45, 2.75) is 51.8 Å². The Bertz CT molecular complexity index is 300. The molecule has 5 heteroatoms. The minimum absolute atomic E-state index is 0.0522. The monoisotopic (exact) mass is 302 g/mol. The van der Waals surface area contributed by atoms with Crippen molar-refractivity contribution >= 4 is 17.8 Å². The highest BCUT2D eigenvalue weighted by atomic mass is 32.2. The number of carbonyl (C=O) groups is 1. The number of aliphatic hydroxyl groups is 1. The average Bonchev–Trinajstić information content (AvgIpc) is 2.38. The molecule has 1 aliphatic heterocycles. The van der Waals surface area contributed by atoms with Crippen LogP contribution in [0.2, 0.25) is 0 Å². The van der Waals surface area contributed by atoms with Gasteiger partial charge in [0, 0.05) is 36.7 Å². The van der Waals surface area contributed by atoms with Gasteiger partial charge in [-0.1, -0.05) is 20.8 Å². The number of hydrogen-bond acceptors (Lipinski definition) is 3. The van der Waals surface area contributed by atoms with E-state index in [0.717, 1.165) is 25.1 Å². The first-order valence-electron chi connectivity index (χ1n) is 7.72. The summed E-state index contributed by atoms with van der Waals surface area (Å²) in [6.07, 6.45) is 1.81. The molecule has 118 valence electrons. The van der Waals surface area contributed by atoms with Crippen molar-refractivity contribution in [2.24, 2.45) is 11.8 Å². The number of nitrogens with one attached hydrogen (secondary N) is 1. The Hall–Kier alpha value is -0.420. The van der Waals surface area contributed by atoms with Crippen molar-refractivity contribution in [2.75, 3.05) is 25.4 Å². The highest BCUT2D eigenvalue weighted by Crippen LogP contribution is 2.24. The van der Waals surface area contributed by atoms with Gasteiger partial charge in [-0.25, -0.2) is 4.79 Å². The van der Waals surface area contributed by atoms with Crippen molar-refractivity contribution in [3.8, 4) is 0 Å². The number of thioether (sulfide) groups is 1. The Balaban J connectivity index is 2.43. The van der Waals surface area contributed by atoms with Crippen LogP contribution in [-0.4, -0.2) is 52.8 Å². The summed E-state index contributed by atoms with van der Waals surface area (Å²) in [6.45, 7) is 10.4. The Morgan fingerprint density at radius 2 is 2.15 bits per heavy atom. The van der Waals surface area contributed by atoms with Crippen LogP contribution in [0.3, 0.4) is 0 Å². The summed E-state index contributed by atoms with van der Waals surface area (Å²) < 4.78 is 0. The molecule has 2 amide bonds. The van der Waals surface area contributed by atoms with Crippen LogP contribution in [0.15, 0.2) is 0 Å². The lowest BCUT2D eigenvalue weighted by Gasteiger charge is -2.37. The predicted molar refractivity (Wildman–Crippen MR) is 86.1 cm³/mol. The van der Waals surface area contributed by atoms with E-state index in [2.05, 4.69) is 33.0 Å². The van der Waals surface area contributed by atoms with E-state index in [1.807, 2.05) is 16.7 Å². The summed E-state index contributed by atoms with van der Waals surface area (Å²) in [5, 5.41) is 12.7. The number of carbonyl (C=O) groups excluding carboxylic acids is 1. The van der Waals surface area contributed by atoms with Gasteiger partial charge in [0.2, 0.25) is 0 Å². The number of rotatable bonds is 6. The molecule has 1 heterocycles. The molecule has 4 nitrogen and oxygen atoms in total. The Morgan fingerprint density at radius 1 is 1.45 bits per heavy atom. The third-order valence-corrected chi connectivity index (χ3v) is 5.37. The maximum absolute atomic E-state index is 12.3. The molecule has 0 aromatic rings. The fraction of sp³-hybridized carbons (Fsp3) is 0.933. The van der Waals surface area contributed by atoms with E-state index in [1.54, 1.807) is 0 Å². The van der Waals surface area contributed by atoms with Crippen LogP contribution in [0.1, 0.15) is 40.5 Å². The second kappa shape index (κ2) is 8.78. The Kier molecular flexibility index (Phi) is 7.74. The van der Waals surface area contributed by atoms with E-state index in [4.69, 9.17) is 5.11 Å². The number of urea groups is 1. The van der Waals surface area contributed by atoms with Gasteiger partial charge < -0.3 is 15.3 Å². The van der Waals surface area contributed by atoms with Crippen LogP contribution in [-0.2, 0) is 0 Å². The molecule has 20 heavy (non-hydrogen) atoms. The maximum atomic E-state index is 12.3. The van der Waals surface area contributed by atoms with Gasteiger partial charge in [0.1, 0.15) is 0 Å². The van der Waals surface area contributed by atoms with Crippen LogP contribution >= 0.6 is 11.8 Å². The molecule has 2 N–H and O–H groups in total. The summed E-state index contributed by atoms with van der Waals surface area (Å²) in [4.78, 5) is 14.2. The van der Waals surface area contributed by atoms with Crippen molar-refractivity contribution in [1.29, 1.82) is 0 Å². The fourth-order valence-electron chi connectivity index (χ4n) is 2.71. The fourth-order valence-corrected chi connectivity index (χ4v) is 3.80. The summed E-state index contributed by atoms with van der Waals surface area (Å²) in [7, 11) is 0. The van der Waals surface area contributed by atoms with E-state index < -0.39 is 0 Å². The van der Waals surface area contributed by atoms with E-state index in [9.17, 15) is 4.79 Å². The molecule has 1 aliphatic rings. The Morgan fingerprint density at radius 3 is 2.75 bits per heavy atom. The van der Waals surface area contributed by atoms with Crippen molar-refractivity contribution in [3.63, 3.8) is 0 Å². The second-order valence-electron chi connectivity index (χ2n) is 6.20. The number of nitrogens with zero attached hydrogens (tertiary/aromatic N) is 1. The second-order valence-corrected chi connectivity index (χ2v) is 7.69. The molecule has 0 aromatic heterocycles. The number of aliphatic hydroxyl groups excluding tert-OH is 1. The van der Waals surface area contributed by atoms with Crippen LogP contribution < -0.4 is 5.32 Å².